The molecule has 0 radical (unpaired) electrons. The van der Waals surface area contributed by atoms with Crippen LogP contribution < -0.4 is 0 Å². The number of aliphatic carboxylic acids is 1. The van der Waals surface area contributed by atoms with Gasteiger partial charge >= 0.3 is 5.97 Å². The van der Waals surface area contributed by atoms with Crippen molar-refractivity contribution in [3.8, 4) is 23.0 Å². The van der Waals surface area contributed by atoms with Gasteiger partial charge in [-0.15, -0.1) is 0 Å². The lowest BCUT2D eigenvalue weighted by atomic mass is 9.97. The molecule has 2 aromatic heterocycles. The Labute approximate surface area is 192 Å². The van der Waals surface area contributed by atoms with Crippen molar-refractivity contribution in [2.75, 3.05) is 19.6 Å². The molecule has 9 nitrogen and oxygen atoms in total. The Morgan fingerprint density at radius 2 is 1.97 bits per heavy atom. The monoisotopic (exact) mass is 454 g/mol. The van der Waals surface area contributed by atoms with Crippen LogP contribution in [0.25, 0.3) is 23.0 Å². The first kappa shape index (κ1) is 23.1. The molecule has 176 valence electrons. The number of benzene rings is 1. The number of aliphatic hydroxyl groups is 1. The first-order chi connectivity index (χ1) is 15.8. The van der Waals surface area contributed by atoms with Crippen LogP contribution >= 0.6 is 0 Å². The number of aliphatic hydroxyl groups excluding tert-OH is 1. The van der Waals surface area contributed by atoms with E-state index >= 15 is 0 Å². The normalized spacial score (nSPS) is 18.0. The molecule has 1 unspecified atom stereocenters. The number of rotatable bonds is 8. The third-order valence-electron chi connectivity index (χ3n) is 6.08. The SMILES string of the molecule is Cc1c(-c2nc(-c3ccc(C(O)CN4CCC[C@H](C(=O)O)C4)cc3)no2)noc1CC(C)C. The van der Waals surface area contributed by atoms with Crippen LogP contribution in [-0.4, -0.2) is 56.0 Å². The summed E-state index contributed by atoms with van der Waals surface area (Å²) in [5.74, 6) is 0.875. The van der Waals surface area contributed by atoms with E-state index in [1.54, 1.807) is 0 Å². The minimum absolute atomic E-state index is 0.309. The minimum Gasteiger partial charge on any atom is -0.481 e. The molecule has 0 saturated carbocycles. The fourth-order valence-corrected chi connectivity index (χ4v) is 4.19. The van der Waals surface area contributed by atoms with E-state index in [9.17, 15) is 15.0 Å². The summed E-state index contributed by atoms with van der Waals surface area (Å²) in [7, 11) is 0. The largest absolute Gasteiger partial charge is 0.481 e. The maximum Gasteiger partial charge on any atom is 0.307 e. The highest BCUT2D eigenvalue weighted by molar-refractivity contribution is 5.70. The quantitative estimate of drug-likeness (QED) is 0.523. The van der Waals surface area contributed by atoms with Gasteiger partial charge < -0.3 is 19.3 Å². The third-order valence-corrected chi connectivity index (χ3v) is 6.08. The molecular formula is C24H30N4O5. The average Bonchev–Trinajstić information content (AvgIpc) is 3.41. The lowest BCUT2D eigenvalue weighted by Gasteiger charge is -2.32. The van der Waals surface area contributed by atoms with E-state index < -0.39 is 12.1 Å². The Bertz CT molecular complexity index is 1090. The van der Waals surface area contributed by atoms with E-state index in [1.807, 2.05) is 36.1 Å². The van der Waals surface area contributed by atoms with Gasteiger partial charge in [-0.3, -0.25) is 9.69 Å². The number of likely N-dealkylation sites (tertiary alicyclic amines) is 1. The van der Waals surface area contributed by atoms with Gasteiger partial charge in [-0.1, -0.05) is 48.4 Å². The third kappa shape index (κ3) is 5.31. The van der Waals surface area contributed by atoms with Crippen LogP contribution in [0.4, 0.5) is 0 Å². The Balaban J connectivity index is 1.42. The Morgan fingerprint density at radius 3 is 2.67 bits per heavy atom. The first-order valence-electron chi connectivity index (χ1n) is 11.3. The van der Waals surface area contributed by atoms with Crippen molar-refractivity contribution in [1.29, 1.82) is 0 Å². The molecule has 1 aromatic carbocycles. The highest BCUT2D eigenvalue weighted by Gasteiger charge is 2.27. The van der Waals surface area contributed by atoms with E-state index in [2.05, 4.69) is 29.1 Å². The highest BCUT2D eigenvalue weighted by Crippen LogP contribution is 2.28. The number of hydrogen-bond acceptors (Lipinski definition) is 8. The molecule has 0 spiro atoms. The van der Waals surface area contributed by atoms with E-state index in [0.717, 1.165) is 41.8 Å². The van der Waals surface area contributed by atoms with E-state index in [4.69, 9.17) is 9.05 Å². The standard InChI is InChI=1S/C24H30N4O5/c1-14(2)11-20-15(3)21(26-32-20)23-25-22(27-33-23)17-8-6-16(7-9-17)19(29)13-28-10-4-5-18(12-28)24(30)31/h6-9,14,18-19,29H,4-5,10-13H2,1-3H3,(H,30,31)/t18-,19?/m0/s1. The maximum absolute atomic E-state index is 11.3. The second-order valence-corrected chi connectivity index (χ2v) is 9.18. The second kappa shape index (κ2) is 9.84. The molecule has 1 aliphatic heterocycles. The molecule has 0 aliphatic carbocycles. The smallest absolute Gasteiger partial charge is 0.307 e. The summed E-state index contributed by atoms with van der Waals surface area (Å²) in [5, 5.41) is 28.1. The number of carboxylic acid groups (broad SMARTS) is 1. The Kier molecular flexibility index (Phi) is 6.90. The molecule has 1 fully saturated rings. The van der Waals surface area contributed by atoms with Crippen LogP contribution in [0.2, 0.25) is 0 Å². The molecular weight excluding hydrogens is 424 g/mol. The lowest BCUT2D eigenvalue weighted by Crippen LogP contribution is -2.40. The first-order valence-corrected chi connectivity index (χ1v) is 11.3. The predicted octanol–water partition coefficient (Wildman–Crippen LogP) is 3.73. The zero-order chi connectivity index (χ0) is 23.5. The van der Waals surface area contributed by atoms with Crippen LogP contribution in [0.5, 0.6) is 0 Å². The van der Waals surface area contributed by atoms with Gasteiger partial charge in [0.05, 0.1) is 12.0 Å². The summed E-state index contributed by atoms with van der Waals surface area (Å²) in [6, 6.07) is 7.33. The van der Waals surface area contributed by atoms with Gasteiger partial charge in [-0.2, -0.15) is 4.98 Å². The van der Waals surface area contributed by atoms with Gasteiger partial charge in [0.1, 0.15) is 5.76 Å². The number of hydrogen-bond donors (Lipinski definition) is 2. The zero-order valence-electron chi connectivity index (χ0n) is 19.2. The van der Waals surface area contributed by atoms with Crippen molar-refractivity contribution < 1.29 is 24.1 Å². The molecule has 3 aromatic rings. The number of carbonyl (C=O) groups is 1. The number of aromatic nitrogens is 3. The summed E-state index contributed by atoms with van der Waals surface area (Å²) in [6.45, 7) is 7.84. The van der Waals surface area contributed by atoms with E-state index in [0.29, 0.717) is 42.8 Å². The molecule has 1 aliphatic rings. The molecule has 2 atom stereocenters. The number of piperidine rings is 1. The van der Waals surface area contributed by atoms with Gasteiger partial charge in [0.25, 0.3) is 5.89 Å². The number of carboxylic acids is 1. The average molecular weight is 455 g/mol. The fourth-order valence-electron chi connectivity index (χ4n) is 4.19. The van der Waals surface area contributed by atoms with E-state index in [1.165, 1.54) is 0 Å². The van der Waals surface area contributed by atoms with Crippen molar-refractivity contribution in [2.45, 2.75) is 46.1 Å². The molecule has 1 saturated heterocycles. The van der Waals surface area contributed by atoms with Gasteiger partial charge in [-0.25, -0.2) is 0 Å². The van der Waals surface area contributed by atoms with Crippen LogP contribution in [0, 0.1) is 18.8 Å². The summed E-state index contributed by atoms with van der Waals surface area (Å²) >= 11 is 0. The van der Waals surface area contributed by atoms with Crippen molar-refractivity contribution >= 4 is 5.97 Å². The lowest BCUT2D eigenvalue weighted by molar-refractivity contribution is -0.143. The topological polar surface area (TPSA) is 126 Å². The van der Waals surface area contributed by atoms with Crippen LogP contribution in [0.15, 0.2) is 33.3 Å². The van der Waals surface area contributed by atoms with Crippen molar-refractivity contribution in [3.63, 3.8) is 0 Å². The second-order valence-electron chi connectivity index (χ2n) is 9.18. The molecule has 3 heterocycles. The van der Waals surface area contributed by atoms with Crippen molar-refractivity contribution in [3.05, 3.63) is 41.2 Å². The predicted molar refractivity (Wildman–Crippen MR) is 120 cm³/mol. The summed E-state index contributed by atoms with van der Waals surface area (Å²) < 4.78 is 10.9. The fraction of sp³-hybridized carbons (Fsp3) is 0.500. The van der Waals surface area contributed by atoms with E-state index in [-0.39, 0.29) is 5.92 Å². The Morgan fingerprint density at radius 1 is 1.21 bits per heavy atom. The molecule has 4 rings (SSSR count). The van der Waals surface area contributed by atoms with Gasteiger partial charge in [0.2, 0.25) is 5.82 Å². The van der Waals surface area contributed by atoms with Crippen LogP contribution in [0.3, 0.4) is 0 Å². The molecule has 2 N–H and O–H groups in total. The molecule has 9 heteroatoms. The molecule has 0 bridgehead atoms. The molecule has 33 heavy (non-hydrogen) atoms. The minimum atomic E-state index is -0.769. The van der Waals surface area contributed by atoms with Crippen molar-refractivity contribution in [1.82, 2.24) is 20.2 Å². The van der Waals surface area contributed by atoms with Crippen LogP contribution in [-0.2, 0) is 11.2 Å². The van der Waals surface area contributed by atoms with Gasteiger partial charge in [0, 0.05) is 30.6 Å². The van der Waals surface area contributed by atoms with Gasteiger partial charge in [-0.05, 0) is 37.8 Å². The van der Waals surface area contributed by atoms with Crippen molar-refractivity contribution in [2.24, 2.45) is 11.8 Å². The Hall–Kier alpha value is -3.04. The zero-order valence-corrected chi connectivity index (χ0v) is 19.2. The summed E-state index contributed by atoms with van der Waals surface area (Å²) in [5.41, 5.74) is 2.97. The number of β-amino-alcohol motifs (C(OH)–C–C–N with tert-alkyl or cyclic N) is 1. The maximum atomic E-state index is 11.3. The summed E-state index contributed by atoms with van der Waals surface area (Å²) in [6.07, 6.45) is 1.60. The van der Waals surface area contributed by atoms with Gasteiger partial charge in [0.15, 0.2) is 5.69 Å². The summed E-state index contributed by atoms with van der Waals surface area (Å²) in [4.78, 5) is 17.7. The van der Waals surface area contributed by atoms with Crippen LogP contribution in [0.1, 0.15) is 49.7 Å². The molecule has 0 amide bonds. The highest BCUT2D eigenvalue weighted by atomic mass is 16.5. The number of nitrogens with zero attached hydrogens (tertiary/aromatic N) is 4.